The van der Waals surface area contributed by atoms with Gasteiger partial charge in [-0.05, 0) is 29.0 Å². The first-order chi connectivity index (χ1) is 13.3. The lowest BCUT2D eigenvalue weighted by Gasteiger charge is -2.29. The number of nitrogens with one attached hydrogen (secondary N) is 1. The number of benzene rings is 1. The molecule has 0 radical (unpaired) electrons. The third-order valence-corrected chi connectivity index (χ3v) is 6.14. The van der Waals surface area contributed by atoms with E-state index in [0.29, 0.717) is 6.42 Å². The molecule has 3 heterocycles. The van der Waals surface area contributed by atoms with Crippen LogP contribution in [0, 0.1) is 0 Å². The number of rotatable bonds is 7. The Balaban J connectivity index is 0.00000225. The molecule has 4 rings (SSSR count). The Morgan fingerprint density at radius 3 is 2.71 bits per heavy atom. The fourth-order valence-corrected chi connectivity index (χ4v) is 4.80. The molecule has 152 valence electrons. The minimum absolute atomic E-state index is 0. The molecule has 0 saturated carbocycles. The van der Waals surface area contributed by atoms with E-state index >= 15 is 0 Å². The maximum absolute atomic E-state index is 12.1. The highest BCUT2D eigenvalue weighted by molar-refractivity contribution is 7.99. The number of halogens is 1. The normalized spacial score (nSPS) is 18.9. The molecule has 1 aromatic carbocycles. The summed E-state index contributed by atoms with van der Waals surface area (Å²) in [5.41, 5.74) is 0.944. The molecule has 1 N–H and O–H groups in total. The van der Waals surface area contributed by atoms with Crippen molar-refractivity contribution in [1.29, 1.82) is 0 Å². The third-order valence-electron chi connectivity index (χ3n) is 5.03. The van der Waals surface area contributed by atoms with Gasteiger partial charge in [0.1, 0.15) is 13.1 Å². The smallest absolute Gasteiger partial charge is 0.222 e. The van der Waals surface area contributed by atoms with Crippen molar-refractivity contribution in [1.82, 2.24) is 25.1 Å². The van der Waals surface area contributed by atoms with Gasteiger partial charge in [-0.15, -0.1) is 5.10 Å². The molecule has 10 heteroatoms. The van der Waals surface area contributed by atoms with Crippen LogP contribution in [0.3, 0.4) is 0 Å². The van der Waals surface area contributed by atoms with Gasteiger partial charge in [0, 0.05) is 19.5 Å². The molecule has 1 amide bonds. The summed E-state index contributed by atoms with van der Waals surface area (Å²) >= 11 is 1.67. The zero-order valence-corrected chi connectivity index (χ0v) is 17.2. The van der Waals surface area contributed by atoms with E-state index in [1.165, 1.54) is 4.90 Å². The summed E-state index contributed by atoms with van der Waals surface area (Å²) in [7, 11) is 0. The monoisotopic (exact) mass is 424 g/mol. The van der Waals surface area contributed by atoms with Crippen LogP contribution < -0.4 is 17.3 Å². The fourth-order valence-electron chi connectivity index (χ4n) is 3.61. The minimum Gasteiger partial charge on any atom is -1.00 e. The van der Waals surface area contributed by atoms with Crippen LogP contribution in [-0.4, -0.2) is 82.2 Å². The largest absolute Gasteiger partial charge is 1.00 e. The number of ether oxygens (including phenoxy) is 1. The summed E-state index contributed by atoms with van der Waals surface area (Å²) in [6, 6.07) is 9.91. The molecular weight excluding hydrogens is 400 g/mol. The van der Waals surface area contributed by atoms with Crippen LogP contribution in [0.15, 0.2) is 35.5 Å². The fraction of sp³-hybridized carbons (Fsp3) is 0.556. The Morgan fingerprint density at radius 2 is 2.00 bits per heavy atom. The van der Waals surface area contributed by atoms with E-state index in [9.17, 15) is 4.79 Å². The molecule has 0 spiro atoms. The second-order valence-electron chi connectivity index (χ2n) is 6.96. The number of nitrogens with zero attached hydrogens (tertiary/aromatic N) is 5. The van der Waals surface area contributed by atoms with E-state index in [1.807, 2.05) is 35.2 Å². The summed E-state index contributed by atoms with van der Waals surface area (Å²) < 4.78 is 7.26. The van der Waals surface area contributed by atoms with Gasteiger partial charge in [0.05, 0.1) is 30.7 Å². The van der Waals surface area contributed by atoms with Crippen LogP contribution in [-0.2, 0) is 9.53 Å². The molecule has 2 aromatic rings. The van der Waals surface area contributed by atoms with E-state index in [4.69, 9.17) is 4.74 Å². The van der Waals surface area contributed by atoms with E-state index in [1.54, 1.807) is 16.4 Å². The van der Waals surface area contributed by atoms with Gasteiger partial charge in [0.25, 0.3) is 0 Å². The van der Waals surface area contributed by atoms with Gasteiger partial charge in [0.15, 0.2) is 0 Å². The highest BCUT2D eigenvalue weighted by Gasteiger charge is 2.29. The number of likely N-dealkylation sites (tertiary alicyclic amines) is 1. The third kappa shape index (κ3) is 5.22. The molecule has 28 heavy (non-hydrogen) atoms. The standard InChI is InChI=1S/C18H24N6O2S.ClH/c25-17-7-4-8-23(17)14-16(13-22-9-11-26-12-10-22)27-18-19-20-21-24(18)15-5-2-1-3-6-15;/h1-3,5-6,16H,4,7-14H2;1H. The minimum atomic E-state index is 0. The van der Waals surface area contributed by atoms with E-state index in [0.717, 1.165) is 63.2 Å². The molecule has 2 aliphatic rings. The van der Waals surface area contributed by atoms with Gasteiger partial charge >= 0.3 is 0 Å². The maximum atomic E-state index is 12.1. The molecule has 0 bridgehead atoms. The van der Waals surface area contributed by atoms with Crippen LogP contribution in [0.1, 0.15) is 12.8 Å². The van der Waals surface area contributed by atoms with E-state index < -0.39 is 0 Å². The second kappa shape index (κ2) is 10.2. The number of tetrazole rings is 1. The highest BCUT2D eigenvalue weighted by Crippen LogP contribution is 2.24. The van der Waals surface area contributed by atoms with Crippen molar-refractivity contribution in [2.45, 2.75) is 23.2 Å². The number of carbonyl (C=O) groups excluding carboxylic acids is 1. The number of quaternary nitrogens is 1. The quantitative estimate of drug-likeness (QED) is 0.468. The summed E-state index contributed by atoms with van der Waals surface area (Å²) in [5.74, 6) is 0.264. The molecule has 1 atom stereocenters. The van der Waals surface area contributed by atoms with Crippen LogP contribution in [0.4, 0.5) is 0 Å². The van der Waals surface area contributed by atoms with Crippen LogP contribution in [0.5, 0.6) is 0 Å². The Hall–Kier alpha value is -1.68. The average Bonchev–Trinajstić information content (AvgIpc) is 3.32. The van der Waals surface area contributed by atoms with Crippen molar-refractivity contribution in [3.05, 3.63) is 30.3 Å². The van der Waals surface area contributed by atoms with Crippen molar-refractivity contribution in [2.75, 3.05) is 45.9 Å². The molecule has 2 aliphatic heterocycles. The first kappa shape index (κ1) is 21.0. The topological polar surface area (TPSA) is 77.6 Å². The summed E-state index contributed by atoms with van der Waals surface area (Å²) in [4.78, 5) is 15.6. The summed E-state index contributed by atoms with van der Waals surface area (Å²) in [6.45, 7) is 6.20. The first-order valence-electron chi connectivity index (χ1n) is 9.49. The molecule has 1 unspecified atom stereocenters. The highest BCUT2D eigenvalue weighted by atomic mass is 35.5. The van der Waals surface area contributed by atoms with Gasteiger partial charge in [-0.2, -0.15) is 4.68 Å². The van der Waals surface area contributed by atoms with Gasteiger partial charge in [-0.25, -0.2) is 0 Å². The van der Waals surface area contributed by atoms with E-state index in [2.05, 4.69) is 15.5 Å². The number of carbonyl (C=O) groups is 1. The van der Waals surface area contributed by atoms with Crippen molar-refractivity contribution in [3.8, 4) is 5.69 Å². The second-order valence-corrected chi connectivity index (χ2v) is 8.23. The zero-order chi connectivity index (χ0) is 18.5. The van der Waals surface area contributed by atoms with Crippen molar-refractivity contribution >= 4 is 17.7 Å². The van der Waals surface area contributed by atoms with Gasteiger partial charge in [-0.1, -0.05) is 30.0 Å². The number of para-hydroxylation sites is 1. The molecule has 2 saturated heterocycles. The maximum Gasteiger partial charge on any atom is 0.222 e. The van der Waals surface area contributed by atoms with Gasteiger partial charge in [-0.3, -0.25) is 4.79 Å². The van der Waals surface area contributed by atoms with Gasteiger partial charge < -0.3 is 26.9 Å². The lowest BCUT2D eigenvalue weighted by molar-refractivity contribution is -0.907. The average molecular weight is 425 g/mol. The number of amides is 1. The van der Waals surface area contributed by atoms with Crippen molar-refractivity contribution in [3.63, 3.8) is 0 Å². The Bertz CT molecular complexity index is 756. The summed E-state index contributed by atoms with van der Waals surface area (Å²) in [6.07, 6.45) is 1.63. The molecule has 0 aliphatic carbocycles. The molecule has 2 fully saturated rings. The SMILES string of the molecule is O=C1CCCN1CC(C[NH+]1CCOCC1)Sc1nnnn1-c1ccccc1.[Cl-]. The number of thioether (sulfide) groups is 1. The Kier molecular flexibility index (Phi) is 7.66. The van der Waals surface area contributed by atoms with E-state index in [-0.39, 0.29) is 23.6 Å². The van der Waals surface area contributed by atoms with Crippen molar-refractivity contribution < 1.29 is 26.8 Å². The lowest BCUT2D eigenvalue weighted by atomic mass is 10.3. The van der Waals surface area contributed by atoms with Crippen LogP contribution >= 0.6 is 11.8 Å². The summed E-state index contributed by atoms with van der Waals surface area (Å²) in [5, 5.41) is 13.3. The number of morpholine rings is 1. The van der Waals surface area contributed by atoms with Gasteiger partial charge in [0.2, 0.25) is 11.1 Å². The number of aromatic nitrogens is 4. The Labute approximate surface area is 175 Å². The molecule has 8 nitrogen and oxygen atoms in total. The Morgan fingerprint density at radius 1 is 1.21 bits per heavy atom. The lowest BCUT2D eigenvalue weighted by Crippen LogP contribution is -3.15. The molecule has 1 aromatic heterocycles. The van der Waals surface area contributed by atoms with Crippen LogP contribution in [0.25, 0.3) is 5.69 Å². The zero-order valence-electron chi connectivity index (χ0n) is 15.7. The predicted octanol–water partition coefficient (Wildman–Crippen LogP) is -3.34. The molecular formula is C18H25ClN6O2S. The van der Waals surface area contributed by atoms with Crippen LogP contribution in [0.2, 0.25) is 0 Å². The van der Waals surface area contributed by atoms with Crippen molar-refractivity contribution in [2.24, 2.45) is 0 Å². The number of hydrogen-bond donors (Lipinski definition) is 1. The number of hydrogen-bond acceptors (Lipinski definition) is 6. The predicted molar refractivity (Wildman–Crippen MR) is 101 cm³/mol. The first-order valence-corrected chi connectivity index (χ1v) is 10.4.